The number of carboxylic acid groups (broad SMARTS) is 1. The fourth-order valence-corrected chi connectivity index (χ4v) is 2.74. The number of ether oxygens (including phenoxy) is 1. The summed E-state index contributed by atoms with van der Waals surface area (Å²) in [7, 11) is 1.49. The molecule has 0 atom stereocenters. The Morgan fingerprint density at radius 2 is 2.08 bits per heavy atom. The predicted molar refractivity (Wildman–Crippen MR) is 88.0 cm³/mol. The summed E-state index contributed by atoms with van der Waals surface area (Å²) in [5, 5.41) is 10.2. The van der Waals surface area contributed by atoms with Crippen molar-refractivity contribution in [2.24, 2.45) is 0 Å². The number of methoxy groups -OCH3 is 1. The summed E-state index contributed by atoms with van der Waals surface area (Å²) >= 11 is 0. The molecule has 7 heteroatoms. The molecule has 0 unspecified atom stereocenters. The zero-order chi connectivity index (χ0) is 17.3. The molecule has 0 aromatic carbocycles. The molecule has 3 aromatic rings. The van der Waals surface area contributed by atoms with Crippen molar-refractivity contribution in [1.82, 2.24) is 14.5 Å². The molecule has 0 radical (unpaired) electrons. The lowest BCUT2D eigenvalue weighted by atomic mass is 10.0. The van der Waals surface area contributed by atoms with E-state index in [9.17, 15) is 14.7 Å². The standard InChI is InChI=1S/C17H15N3O4/c1-3-11-12-5-4-8-18-15(12)20(16(21)14(11)17(22)23)10-6-7-13(24-2)19-9-10/h4-9H,3H2,1-2H3,(H,22,23). The third-order valence-corrected chi connectivity index (χ3v) is 3.80. The van der Waals surface area contributed by atoms with Crippen LogP contribution in [0.4, 0.5) is 0 Å². The third-order valence-electron chi connectivity index (χ3n) is 3.80. The largest absolute Gasteiger partial charge is 0.481 e. The lowest BCUT2D eigenvalue weighted by Gasteiger charge is -2.14. The second-order valence-corrected chi connectivity index (χ2v) is 5.09. The predicted octanol–water partition coefficient (Wildman–Crippen LogP) is 2.05. The van der Waals surface area contributed by atoms with Crippen LogP contribution in [0.5, 0.6) is 5.88 Å². The fourth-order valence-electron chi connectivity index (χ4n) is 2.74. The molecule has 1 N–H and O–H groups in total. The number of carboxylic acids is 1. The Hall–Kier alpha value is -3.22. The molecule has 24 heavy (non-hydrogen) atoms. The van der Waals surface area contributed by atoms with Gasteiger partial charge in [0.1, 0.15) is 11.2 Å². The van der Waals surface area contributed by atoms with Gasteiger partial charge in [0.15, 0.2) is 0 Å². The van der Waals surface area contributed by atoms with Crippen molar-refractivity contribution in [1.29, 1.82) is 0 Å². The van der Waals surface area contributed by atoms with Gasteiger partial charge in [0.25, 0.3) is 5.56 Å². The van der Waals surface area contributed by atoms with Gasteiger partial charge in [-0.1, -0.05) is 6.92 Å². The van der Waals surface area contributed by atoms with Crippen LogP contribution in [0.1, 0.15) is 22.8 Å². The molecule has 0 aliphatic heterocycles. The van der Waals surface area contributed by atoms with Crippen molar-refractivity contribution in [3.8, 4) is 11.6 Å². The summed E-state index contributed by atoms with van der Waals surface area (Å²) in [4.78, 5) is 32.9. The van der Waals surface area contributed by atoms with E-state index >= 15 is 0 Å². The highest BCUT2D eigenvalue weighted by molar-refractivity contribution is 5.95. The summed E-state index contributed by atoms with van der Waals surface area (Å²) in [6.07, 6.45) is 3.43. The number of fused-ring (bicyclic) bond motifs is 1. The summed E-state index contributed by atoms with van der Waals surface area (Å²) in [6.45, 7) is 1.81. The van der Waals surface area contributed by atoms with Crippen molar-refractivity contribution in [2.45, 2.75) is 13.3 Å². The second kappa shape index (κ2) is 6.11. The topological polar surface area (TPSA) is 94.3 Å². The number of hydrogen-bond acceptors (Lipinski definition) is 5. The molecule has 0 fully saturated rings. The Bertz CT molecular complexity index is 978. The molecule has 0 aliphatic carbocycles. The summed E-state index contributed by atoms with van der Waals surface area (Å²) in [6, 6.07) is 6.72. The Morgan fingerprint density at radius 3 is 2.67 bits per heavy atom. The van der Waals surface area contributed by atoms with Gasteiger partial charge in [0, 0.05) is 17.6 Å². The molecule has 0 spiro atoms. The zero-order valence-electron chi connectivity index (χ0n) is 13.2. The van der Waals surface area contributed by atoms with Crippen LogP contribution in [0.2, 0.25) is 0 Å². The number of rotatable bonds is 4. The van der Waals surface area contributed by atoms with E-state index in [2.05, 4.69) is 9.97 Å². The van der Waals surface area contributed by atoms with Crippen molar-refractivity contribution in [3.63, 3.8) is 0 Å². The first kappa shape index (κ1) is 15.7. The number of aryl methyl sites for hydroxylation is 1. The van der Waals surface area contributed by atoms with E-state index in [1.54, 1.807) is 30.5 Å². The number of carbonyl (C=O) groups is 1. The Balaban J connectivity index is 2.44. The quantitative estimate of drug-likeness (QED) is 0.789. The highest BCUT2D eigenvalue weighted by Crippen LogP contribution is 2.22. The molecule has 0 saturated heterocycles. The van der Waals surface area contributed by atoms with Crippen LogP contribution in [0.3, 0.4) is 0 Å². The Kier molecular flexibility index (Phi) is 3.99. The molecule has 3 heterocycles. The van der Waals surface area contributed by atoms with E-state index in [4.69, 9.17) is 4.74 Å². The van der Waals surface area contributed by atoms with Gasteiger partial charge in [-0.05, 0) is 30.2 Å². The van der Waals surface area contributed by atoms with E-state index < -0.39 is 11.5 Å². The molecule has 0 aliphatic rings. The zero-order valence-corrected chi connectivity index (χ0v) is 13.2. The monoisotopic (exact) mass is 325 g/mol. The van der Waals surface area contributed by atoms with Crippen LogP contribution in [-0.4, -0.2) is 32.7 Å². The van der Waals surface area contributed by atoms with Gasteiger partial charge in [-0.15, -0.1) is 0 Å². The van der Waals surface area contributed by atoms with Gasteiger partial charge in [-0.3, -0.25) is 9.36 Å². The average molecular weight is 325 g/mol. The lowest BCUT2D eigenvalue weighted by molar-refractivity contribution is 0.0693. The molecule has 0 amide bonds. The van der Waals surface area contributed by atoms with E-state index in [1.165, 1.54) is 17.9 Å². The SMILES string of the molecule is CCc1c(C(=O)O)c(=O)n(-c2ccc(OC)nc2)c2ncccc12. The number of aromatic carboxylic acids is 1. The number of hydrogen-bond donors (Lipinski definition) is 1. The number of nitrogens with zero attached hydrogens (tertiary/aromatic N) is 3. The van der Waals surface area contributed by atoms with E-state index in [0.717, 1.165) is 0 Å². The maximum absolute atomic E-state index is 12.8. The van der Waals surface area contributed by atoms with Gasteiger partial charge in [-0.2, -0.15) is 0 Å². The summed E-state index contributed by atoms with van der Waals surface area (Å²) < 4.78 is 6.28. The minimum absolute atomic E-state index is 0.242. The van der Waals surface area contributed by atoms with Gasteiger partial charge in [0.2, 0.25) is 5.88 Å². The van der Waals surface area contributed by atoms with Crippen molar-refractivity contribution in [2.75, 3.05) is 7.11 Å². The molecule has 7 nitrogen and oxygen atoms in total. The first-order valence-corrected chi connectivity index (χ1v) is 7.34. The molecule has 122 valence electrons. The smallest absolute Gasteiger partial charge is 0.341 e. The maximum Gasteiger partial charge on any atom is 0.341 e. The highest BCUT2D eigenvalue weighted by atomic mass is 16.5. The van der Waals surface area contributed by atoms with Crippen molar-refractivity contribution < 1.29 is 14.6 Å². The molecule has 3 rings (SSSR count). The molecular weight excluding hydrogens is 310 g/mol. The maximum atomic E-state index is 12.8. The van der Waals surface area contributed by atoms with Crippen LogP contribution < -0.4 is 10.3 Å². The van der Waals surface area contributed by atoms with Gasteiger partial charge < -0.3 is 9.84 Å². The van der Waals surface area contributed by atoms with Crippen LogP contribution in [-0.2, 0) is 6.42 Å². The first-order valence-electron chi connectivity index (χ1n) is 7.34. The van der Waals surface area contributed by atoms with Crippen molar-refractivity contribution >= 4 is 17.0 Å². The van der Waals surface area contributed by atoms with Gasteiger partial charge >= 0.3 is 5.97 Å². The highest BCUT2D eigenvalue weighted by Gasteiger charge is 2.22. The normalized spacial score (nSPS) is 10.8. The molecular formula is C17H15N3O4. The Labute approximate surface area is 137 Å². The molecule has 0 saturated carbocycles. The average Bonchev–Trinajstić information content (AvgIpc) is 2.60. The van der Waals surface area contributed by atoms with Crippen LogP contribution in [0.25, 0.3) is 16.7 Å². The summed E-state index contributed by atoms with van der Waals surface area (Å²) in [5.74, 6) is -0.856. The van der Waals surface area contributed by atoms with E-state index in [0.29, 0.717) is 34.6 Å². The van der Waals surface area contributed by atoms with Crippen LogP contribution >= 0.6 is 0 Å². The summed E-state index contributed by atoms with van der Waals surface area (Å²) in [5.41, 5.74) is 0.436. The first-order chi connectivity index (χ1) is 11.6. The van der Waals surface area contributed by atoms with Crippen LogP contribution in [0.15, 0.2) is 41.5 Å². The van der Waals surface area contributed by atoms with E-state index in [-0.39, 0.29) is 5.56 Å². The van der Waals surface area contributed by atoms with Gasteiger partial charge in [-0.25, -0.2) is 14.8 Å². The second-order valence-electron chi connectivity index (χ2n) is 5.09. The van der Waals surface area contributed by atoms with Crippen LogP contribution in [0, 0.1) is 0 Å². The van der Waals surface area contributed by atoms with Gasteiger partial charge in [0.05, 0.1) is 19.0 Å². The molecule has 0 bridgehead atoms. The lowest BCUT2D eigenvalue weighted by Crippen LogP contribution is -2.28. The minimum Gasteiger partial charge on any atom is -0.481 e. The third kappa shape index (κ3) is 2.40. The van der Waals surface area contributed by atoms with Crippen molar-refractivity contribution in [3.05, 3.63) is 58.1 Å². The number of aromatic nitrogens is 3. The van der Waals surface area contributed by atoms with E-state index in [1.807, 2.05) is 6.92 Å². The molecule has 3 aromatic heterocycles. The Morgan fingerprint density at radius 1 is 1.29 bits per heavy atom. The minimum atomic E-state index is -1.25. The fraction of sp³-hybridized carbons (Fsp3) is 0.176. The number of pyridine rings is 3.